The van der Waals surface area contributed by atoms with Crippen molar-refractivity contribution in [2.24, 2.45) is 0 Å². The highest BCUT2D eigenvalue weighted by molar-refractivity contribution is 7.47. The van der Waals surface area contributed by atoms with Gasteiger partial charge < -0.3 is 33.8 Å². The fourth-order valence-electron chi connectivity index (χ4n) is 6.14. The lowest BCUT2D eigenvalue weighted by Crippen LogP contribution is -2.30. The minimum absolute atomic E-state index is 0.0525. The van der Waals surface area contributed by atoms with Crippen molar-refractivity contribution in [2.75, 3.05) is 39.6 Å². The van der Waals surface area contributed by atoms with Gasteiger partial charge in [0.25, 0.3) is 0 Å². The molecule has 3 N–H and O–H groups in total. The highest BCUT2D eigenvalue weighted by Gasteiger charge is 2.30. The van der Waals surface area contributed by atoms with E-state index in [4.69, 9.17) is 37.0 Å². The molecule has 0 rings (SSSR count). The van der Waals surface area contributed by atoms with Crippen molar-refractivity contribution in [3.63, 3.8) is 0 Å². The van der Waals surface area contributed by atoms with Gasteiger partial charge in [0.2, 0.25) is 0 Å². The number of aliphatic hydroxyl groups excluding tert-OH is 1. The van der Waals surface area contributed by atoms with Crippen LogP contribution in [0.2, 0.25) is 0 Å². The lowest BCUT2D eigenvalue weighted by atomic mass is 10.0. The van der Waals surface area contributed by atoms with E-state index >= 15 is 0 Å². The molecule has 0 radical (unpaired) electrons. The Labute approximate surface area is 377 Å². The van der Waals surface area contributed by atoms with Gasteiger partial charge in [-0.1, -0.05) is 150 Å². The van der Waals surface area contributed by atoms with E-state index in [1.807, 2.05) is 13.8 Å². The minimum Gasteiger partial charge on any atom is -0.462 e. The number of carbonyl (C=O) groups excluding carboxylic acids is 4. The molecule has 0 aromatic heterocycles. The molecule has 0 saturated heterocycles. The summed E-state index contributed by atoms with van der Waals surface area (Å²) in [5, 5.41) is 10.3. The van der Waals surface area contributed by atoms with Crippen LogP contribution < -0.4 is 0 Å². The summed E-state index contributed by atoms with van der Waals surface area (Å²) in [5.74, 6) is -2.26. The van der Waals surface area contributed by atoms with E-state index in [-0.39, 0.29) is 25.7 Å². The molecule has 2 unspecified atom stereocenters. The number of ether oxygens (including phenoxy) is 4. The summed E-state index contributed by atoms with van der Waals surface area (Å²) < 4.78 is 65.8. The van der Waals surface area contributed by atoms with Crippen LogP contribution >= 0.6 is 15.6 Å². The van der Waals surface area contributed by atoms with Crippen molar-refractivity contribution in [2.45, 2.75) is 219 Å². The Kier molecular flexibility index (Phi) is 39.1. The summed E-state index contributed by atoms with van der Waals surface area (Å²) in [5.41, 5.74) is 0. The number of hydrogen-bond donors (Lipinski definition) is 3. The van der Waals surface area contributed by atoms with Gasteiger partial charge in [-0.25, -0.2) is 9.13 Å². The molecular weight excluding hydrogens is 862 g/mol. The molecule has 0 aromatic carbocycles. The number of hydrogen-bond acceptors (Lipinski definition) is 15. The van der Waals surface area contributed by atoms with E-state index in [1.54, 1.807) is 6.92 Å². The third-order valence-corrected chi connectivity index (χ3v) is 11.7. The summed E-state index contributed by atoms with van der Waals surface area (Å²) in [7, 11) is -9.79. The SMILES string of the molecule is CCCCCCCCCCCCCCCCCC(=O)O[C@H](COC(=O)CCCCCC)COP(=O)(O)OC[C@H](O)COP(=O)(O)OC[C@@H](COC(=O)CCCCC)OC(=O)CCC. The standard InChI is InChI=1S/C44H84O17P2/c1-5-9-12-14-15-16-17-18-19-20-21-22-23-24-27-31-44(49)61-40(35-55-42(47)30-26-13-10-6-2)37-59-63(52,53)57-33-38(45)32-56-62(50,51)58-36-39(60-43(48)28-8-4)34-54-41(46)29-25-11-7-3/h38-40,45H,5-37H2,1-4H3,(H,50,51)(H,52,53)/t38-,39-,40-/m1/s1. The number of phosphoric acid groups is 2. The zero-order valence-electron chi connectivity index (χ0n) is 39.0. The van der Waals surface area contributed by atoms with E-state index in [1.165, 1.54) is 64.2 Å². The summed E-state index contributed by atoms with van der Waals surface area (Å²) in [6.45, 7) is 4.02. The predicted molar refractivity (Wildman–Crippen MR) is 238 cm³/mol. The summed E-state index contributed by atoms with van der Waals surface area (Å²) >= 11 is 0. The van der Waals surface area contributed by atoms with Gasteiger partial charge in [0.15, 0.2) is 12.2 Å². The second kappa shape index (κ2) is 40.3. The van der Waals surface area contributed by atoms with Crippen LogP contribution in [0.4, 0.5) is 0 Å². The van der Waals surface area contributed by atoms with Crippen LogP contribution in [-0.4, -0.2) is 96.7 Å². The monoisotopic (exact) mass is 947 g/mol. The molecule has 0 aliphatic rings. The average Bonchev–Trinajstić information content (AvgIpc) is 3.24. The number of esters is 4. The third kappa shape index (κ3) is 40.1. The molecule has 0 spiro atoms. The molecule has 0 fully saturated rings. The van der Waals surface area contributed by atoms with Gasteiger partial charge in [-0.2, -0.15) is 0 Å². The summed E-state index contributed by atoms with van der Waals surface area (Å²) in [6, 6.07) is 0. The fraction of sp³-hybridized carbons (Fsp3) is 0.909. The first-order valence-electron chi connectivity index (χ1n) is 23.8. The summed E-state index contributed by atoms with van der Waals surface area (Å²) in [6.07, 6.45) is 20.2. The molecule has 0 aliphatic heterocycles. The van der Waals surface area contributed by atoms with Crippen LogP contribution in [0.1, 0.15) is 201 Å². The number of unbranched alkanes of at least 4 members (excludes halogenated alkanes) is 19. The van der Waals surface area contributed by atoms with Crippen molar-refractivity contribution < 1.29 is 80.2 Å². The Hall–Kier alpha value is -1.94. The molecule has 0 bridgehead atoms. The molecule has 63 heavy (non-hydrogen) atoms. The Morgan fingerprint density at radius 2 is 0.667 bits per heavy atom. The largest absolute Gasteiger partial charge is 0.472 e. The van der Waals surface area contributed by atoms with Crippen LogP contribution in [0.5, 0.6) is 0 Å². The van der Waals surface area contributed by atoms with E-state index in [0.29, 0.717) is 25.7 Å². The Morgan fingerprint density at radius 3 is 1.05 bits per heavy atom. The molecule has 5 atom stereocenters. The number of carbonyl (C=O) groups is 4. The number of aliphatic hydroxyl groups is 1. The van der Waals surface area contributed by atoms with Crippen molar-refractivity contribution in [1.82, 2.24) is 0 Å². The van der Waals surface area contributed by atoms with Gasteiger partial charge in [0, 0.05) is 25.7 Å². The third-order valence-electron chi connectivity index (χ3n) is 9.82. The number of phosphoric ester groups is 2. The Balaban J connectivity index is 4.87. The molecule has 19 heteroatoms. The molecule has 372 valence electrons. The maximum Gasteiger partial charge on any atom is 0.472 e. The fourth-order valence-corrected chi connectivity index (χ4v) is 7.72. The van der Waals surface area contributed by atoms with E-state index in [9.17, 15) is 43.2 Å². The van der Waals surface area contributed by atoms with Crippen LogP contribution in [0.15, 0.2) is 0 Å². The van der Waals surface area contributed by atoms with Crippen LogP contribution in [0.3, 0.4) is 0 Å². The lowest BCUT2D eigenvalue weighted by Gasteiger charge is -2.21. The second-order valence-electron chi connectivity index (χ2n) is 16.1. The topological polar surface area (TPSA) is 237 Å². The molecule has 0 aromatic rings. The number of rotatable bonds is 45. The van der Waals surface area contributed by atoms with Crippen molar-refractivity contribution in [3.05, 3.63) is 0 Å². The second-order valence-corrected chi connectivity index (χ2v) is 19.0. The maximum absolute atomic E-state index is 12.7. The normalized spacial score (nSPS) is 14.8. The van der Waals surface area contributed by atoms with Crippen LogP contribution in [-0.2, 0) is 65.4 Å². The smallest absolute Gasteiger partial charge is 0.462 e. The minimum atomic E-state index is -4.91. The zero-order valence-corrected chi connectivity index (χ0v) is 40.8. The van der Waals surface area contributed by atoms with E-state index < -0.39 is 97.5 Å². The zero-order chi connectivity index (χ0) is 47.0. The Morgan fingerprint density at radius 1 is 0.381 bits per heavy atom. The van der Waals surface area contributed by atoms with E-state index in [0.717, 1.165) is 57.8 Å². The molecular formula is C44H84O17P2. The van der Waals surface area contributed by atoms with Gasteiger partial charge in [-0.05, 0) is 25.7 Å². The van der Waals surface area contributed by atoms with Gasteiger partial charge in [-0.3, -0.25) is 37.3 Å². The van der Waals surface area contributed by atoms with Crippen molar-refractivity contribution in [1.29, 1.82) is 0 Å². The van der Waals surface area contributed by atoms with Gasteiger partial charge in [-0.15, -0.1) is 0 Å². The van der Waals surface area contributed by atoms with Crippen molar-refractivity contribution >= 4 is 39.5 Å². The van der Waals surface area contributed by atoms with Crippen LogP contribution in [0.25, 0.3) is 0 Å². The van der Waals surface area contributed by atoms with Crippen molar-refractivity contribution in [3.8, 4) is 0 Å². The first-order chi connectivity index (χ1) is 30.2. The van der Waals surface area contributed by atoms with Crippen LogP contribution in [0, 0.1) is 0 Å². The lowest BCUT2D eigenvalue weighted by molar-refractivity contribution is -0.161. The van der Waals surface area contributed by atoms with E-state index in [2.05, 4.69) is 6.92 Å². The maximum atomic E-state index is 12.7. The Bertz CT molecular complexity index is 1270. The van der Waals surface area contributed by atoms with Gasteiger partial charge in [0.1, 0.15) is 19.3 Å². The first-order valence-corrected chi connectivity index (χ1v) is 26.8. The molecule has 0 aliphatic carbocycles. The molecule has 0 heterocycles. The van der Waals surface area contributed by atoms with Gasteiger partial charge in [0.05, 0.1) is 26.4 Å². The molecule has 17 nitrogen and oxygen atoms in total. The quantitative estimate of drug-likeness (QED) is 0.0223. The summed E-state index contributed by atoms with van der Waals surface area (Å²) in [4.78, 5) is 69.5. The van der Waals surface area contributed by atoms with Gasteiger partial charge >= 0.3 is 39.5 Å². The predicted octanol–water partition coefficient (Wildman–Crippen LogP) is 10.1. The first kappa shape index (κ1) is 61.1. The molecule has 0 amide bonds. The molecule has 0 saturated carbocycles. The highest BCUT2D eigenvalue weighted by Crippen LogP contribution is 2.45. The average molecular weight is 947 g/mol. The highest BCUT2D eigenvalue weighted by atomic mass is 31.2.